The topological polar surface area (TPSA) is 100 Å². The van der Waals surface area contributed by atoms with Crippen molar-refractivity contribution in [1.82, 2.24) is 5.32 Å². The first-order valence-corrected chi connectivity index (χ1v) is 10.2. The molecular weight excluding hydrogens is 414 g/mol. The average molecular weight is 441 g/mol. The molecule has 0 radical (unpaired) electrons. The van der Waals surface area contributed by atoms with Gasteiger partial charge in [-0.15, -0.1) is 0 Å². The van der Waals surface area contributed by atoms with Crippen molar-refractivity contribution in [1.29, 1.82) is 0 Å². The van der Waals surface area contributed by atoms with Crippen LogP contribution in [0.3, 0.4) is 0 Å². The van der Waals surface area contributed by atoms with Gasteiger partial charge in [0.25, 0.3) is 0 Å². The van der Waals surface area contributed by atoms with Crippen molar-refractivity contribution >= 4 is 11.7 Å². The van der Waals surface area contributed by atoms with E-state index in [4.69, 9.17) is 18.9 Å². The molecular formula is C24H27NO7. The number of Topliss-reactive ketones (excluding diaryl/α,β-unsaturated/α-hetero) is 1. The number of carbonyl (C=O) groups excluding carboxylic acids is 2. The fourth-order valence-corrected chi connectivity index (χ4v) is 4.09. The fraction of sp³-hybridized carbons (Fsp3) is 0.375. The summed E-state index contributed by atoms with van der Waals surface area (Å²) in [6.07, 6.45) is 0.852. The fourth-order valence-electron chi connectivity index (χ4n) is 4.09. The van der Waals surface area contributed by atoms with E-state index in [0.29, 0.717) is 41.2 Å². The molecule has 0 spiro atoms. The van der Waals surface area contributed by atoms with Crippen LogP contribution < -0.4 is 29.7 Å². The van der Waals surface area contributed by atoms with Gasteiger partial charge in [0.2, 0.25) is 17.1 Å². The Bertz CT molecular complexity index is 1110. The number of ether oxygens (including phenoxy) is 4. The molecule has 0 aromatic heterocycles. The summed E-state index contributed by atoms with van der Waals surface area (Å²) in [5, 5.41) is 2.91. The van der Waals surface area contributed by atoms with Gasteiger partial charge in [0, 0.05) is 5.56 Å². The smallest absolute Gasteiger partial charge is 0.227 e. The quantitative estimate of drug-likeness (QED) is 0.660. The van der Waals surface area contributed by atoms with Gasteiger partial charge >= 0.3 is 0 Å². The van der Waals surface area contributed by atoms with E-state index in [2.05, 4.69) is 5.32 Å². The number of hydrogen-bond acceptors (Lipinski definition) is 7. The van der Waals surface area contributed by atoms with Crippen LogP contribution >= 0.6 is 0 Å². The molecule has 1 atom stereocenters. The largest absolute Gasteiger partial charge is 0.493 e. The van der Waals surface area contributed by atoms with Crippen LogP contribution in [0, 0.1) is 0 Å². The SMILES string of the molecule is COc1cc2c(c(OC)c1OC)-c1ccc(OC)c(=O)cc1C(NC(=O)CC(C)=O)CC2. The van der Waals surface area contributed by atoms with E-state index in [1.54, 1.807) is 19.2 Å². The number of fused-ring (bicyclic) bond motifs is 3. The maximum absolute atomic E-state index is 12.8. The summed E-state index contributed by atoms with van der Waals surface area (Å²) >= 11 is 0. The molecule has 3 rings (SSSR count). The Balaban J connectivity index is 2.31. The van der Waals surface area contributed by atoms with Crippen molar-refractivity contribution in [3.8, 4) is 34.1 Å². The molecule has 1 unspecified atom stereocenters. The third kappa shape index (κ3) is 4.39. The van der Waals surface area contributed by atoms with Gasteiger partial charge in [-0.05, 0) is 54.7 Å². The summed E-state index contributed by atoms with van der Waals surface area (Å²) in [6.45, 7) is 1.36. The highest BCUT2D eigenvalue weighted by Gasteiger charge is 2.29. The number of ketones is 1. The predicted molar refractivity (Wildman–Crippen MR) is 119 cm³/mol. The van der Waals surface area contributed by atoms with Gasteiger partial charge in [-0.25, -0.2) is 0 Å². The zero-order valence-corrected chi connectivity index (χ0v) is 18.9. The summed E-state index contributed by atoms with van der Waals surface area (Å²) in [4.78, 5) is 36.6. The lowest BCUT2D eigenvalue weighted by atomic mass is 9.95. The number of amides is 1. The molecule has 32 heavy (non-hydrogen) atoms. The third-order valence-corrected chi connectivity index (χ3v) is 5.47. The number of aryl methyl sites for hydroxylation is 1. The van der Waals surface area contributed by atoms with Crippen LogP contribution in [0.1, 0.15) is 36.9 Å². The van der Waals surface area contributed by atoms with Crippen molar-refractivity contribution < 1.29 is 28.5 Å². The minimum atomic E-state index is -0.490. The Kier molecular flexibility index (Phi) is 7.02. The molecule has 2 aromatic rings. The zero-order chi connectivity index (χ0) is 23.4. The van der Waals surface area contributed by atoms with Gasteiger partial charge in [0.1, 0.15) is 5.78 Å². The van der Waals surface area contributed by atoms with Gasteiger partial charge in [0.15, 0.2) is 17.2 Å². The predicted octanol–water partition coefficient (Wildman–Crippen LogP) is 2.83. The highest BCUT2D eigenvalue weighted by Crippen LogP contribution is 2.50. The summed E-state index contributed by atoms with van der Waals surface area (Å²) in [7, 11) is 6.04. The second-order valence-corrected chi connectivity index (χ2v) is 7.50. The average Bonchev–Trinajstić information content (AvgIpc) is 3.00. The second-order valence-electron chi connectivity index (χ2n) is 7.50. The summed E-state index contributed by atoms with van der Waals surface area (Å²) < 4.78 is 22.0. The van der Waals surface area contributed by atoms with Crippen LogP contribution in [0.15, 0.2) is 29.1 Å². The van der Waals surface area contributed by atoms with E-state index in [9.17, 15) is 14.4 Å². The van der Waals surface area contributed by atoms with Crippen LogP contribution in [-0.4, -0.2) is 40.1 Å². The van der Waals surface area contributed by atoms with E-state index in [-0.39, 0.29) is 23.4 Å². The van der Waals surface area contributed by atoms with Gasteiger partial charge in [0.05, 0.1) is 40.9 Å². The number of benzene rings is 1. The highest BCUT2D eigenvalue weighted by atomic mass is 16.5. The third-order valence-electron chi connectivity index (χ3n) is 5.47. The molecule has 0 saturated heterocycles. The Hall–Kier alpha value is -3.55. The van der Waals surface area contributed by atoms with Crippen molar-refractivity contribution in [2.24, 2.45) is 0 Å². The number of hydrogen-bond donors (Lipinski definition) is 1. The molecule has 0 fully saturated rings. The minimum absolute atomic E-state index is 0.174. The molecule has 2 aromatic carbocycles. The zero-order valence-electron chi connectivity index (χ0n) is 18.9. The maximum Gasteiger partial charge on any atom is 0.227 e. The monoisotopic (exact) mass is 441 g/mol. The first-order valence-electron chi connectivity index (χ1n) is 10.2. The number of carbonyl (C=O) groups is 2. The highest BCUT2D eigenvalue weighted by molar-refractivity contribution is 5.97. The van der Waals surface area contributed by atoms with Gasteiger partial charge in [-0.2, -0.15) is 0 Å². The molecule has 170 valence electrons. The first-order chi connectivity index (χ1) is 15.3. The minimum Gasteiger partial charge on any atom is -0.493 e. The lowest BCUT2D eigenvalue weighted by Gasteiger charge is -2.20. The van der Waals surface area contributed by atoms with Crippen LogP contribution in [0.4, 0.5) is 0 Å². The molecule has 1 amide bonds. The molecule has 1 aliphatic rings. The molecule has 0 saturated carbocycles. The molecule has 0 aliphatic heterocycles. The Morgan fingerprint density at radius 2 is 1.66 bits per heavy atom. The Morgan fingerprint density at radius 1 is 0.969 bits per heavy atom. The van der Waals surface area contributed by atoms with Crippen molar-refractivity contribution in [3.63, 3.8) is 0 Å². The molecule has 8 nitrogen and oxygen atoms in total. The van der Waals surface area contributed by atoms with Crippen molar-refractivity contribution in [2.75, 3.05) is 28.4 Å². The summed E-state index contributed by atoms with van der Waals surface area (Å²) in [6, 6.07) is 6.23. The number of rotatable bonds is 7. The van der Waals surface area contributed by atoms with Gasteiger partial charge in [-0.3, -0.25) is 14.4 Å². The van der Waals surface area contributed by atoms with E-state index in [0.717, 1.165) is 11.1 Å². The molecule has 8 heteroatoms. The van der Waals surface area contributed by atoms with Crippen LogP contribution in [0.2, 0.25) is 0 Å². The summed E-state index contributed by atoms with van der Waals surface area (Å²) in [5.74, 6) is 0.961. The number of methoxy groups -OCH3 is 4. The van der Waals surface area contributed by atoms with Gasteiger partial charge < -0.3 is 24.3 Å². The lowest BCUT2D eigenvalue weighted by Crippen LogP contribution is -2.30. The van der Waals surface area contributed by atoms with E-state index in [1.165, 1.54) is 34.3 Å². The van der Waals surface area contributed by atoms with Crippen molar-refractivity contribution in [3.05, 3.63) is 45.6 Å². The van der Waals surface area contributed by atoms with E-state index in [1.807, 2.05) is 6.07 Å². The Morgan fingerprint density at radius 3 is 2.25 bits per heavy atom. The molecule has 0 bridgehead atoms. The molecule has 0 heterocycles. The lowest BCUT2D eigenvalue weighted by molar-refractivity contribution is -0.127. The molecule has 1 aliphatic carbocycles. The van der Waals surface area contributed by atoms with Gasteiger partial charge in [-0.1, -0.05) is 6.07 Å². The van der Waals surface area contributed by atoms with Crippen molar-refractivity contribution in [2.45, 2.75) is 32.2 Å². The number of nitrogens with one attached hydrogen (secondary N) is 1. The van der Waals surface area contributed by atoms with Crippen LogP contribution in [-0.2, 0) is 16.0 Å². The van der Waals surface area contributed by atoms with E-state index >= 15 is 0 Å². The summed E-state index contributed by atoms with van der Waals surface area (Å²) in [5.41, 5.74) is 2.66. The maximum atomic E-state index is 12.8. The standard InChI is InChI=1S/C24H27NO7/c1-13(26)10-21(28)25-17-8-6-14-11-20(30-3)23(31-4)24(32-5)22(14)15-7-9-19(29-2)18(27)12-16(15)17/h7,9,11-12,17H,6,8,10H2,1-5H3,(H,25,28). The normalized spacial score (nSPS) is 14.3. The van der Waals surface area contributed by atoms with Crippen LogP contribution in [0.5, 0.6) is 23.0 Å². The Labute approximate surface area is 186 Å². The molecule has 1 N–H and O–H groups in total. The van der Waals surface area contributed by atoms with E-state index < -0.39 is 11.9 Å². The second kappa shape index (κ2) is 9.72. The first kappa shape index (κ1) is 23.1. The van der Waals surface area contributed by atoms with Crippen LogP contribution in [0.25, 0.3) is 11.1 Å².